The molecule has 0 saturated carbocycles. The Labute approximate surface area is 123 Å². The van der Waals surface area contributed by atoms with Crippen LogP contribution in [0.25, 0.3) is 11.2 Å². The molecule has 0 radical (unpaired) electrons. The highest BCUT2D eigenvalue weighted by Crippen LogP contribution is 2.11. The lowest BCUT2D eigenvalue weighted by Crippen LogP contribution is -2.41. The summed E-state index contributed by atoms with van der Waals surface area (Å²) in [6, 6.07) is -0.0541. The van der Waals surface area contributed by atoms with Gasteiger partial charge in [0.05, 0.1) is 6.33 Å². The lowest BCUT2D eigenvalue weighted by molar-refractivity contribution is 0.505. The van der Waals surface area contributed by atoms with Gasteiger partial charge in [-0.1, -0.05) is 0 Å². The average molecular weight is 293 g/mol. The number of nitrogens with zero attached hydrogens (tertiary/aromatic N) is 4. The van der Waals surface area contributed by atoms with E-state index in [9.17, 15) is 9.59 Å². The summed E-state index contributed by atoms with van der Waals surface area (Å²) in [5.41, 5.74) is 5.90. The quantitative estimate of drug-likeness (QED) is 0.794. The van der Waals surface area contributed by atoms with Crippen LogP contribution in [0.15, 0.2) is 15.9 Å². The zero-order valence-electron chi connectivity index (χ0n) is 12.9. The van der Waals surface area contributed by atoms with Gasteiger partial charge in [0.1, 0.15) is 0 Å². The summed E-state index contributed by atoms with van der Waals surface area (Å²) in [6.45, 7) is 7.38. The molecule has 0 saturated heterocycles. The van der Waals surface area contributed by atoms with E-state index in [4.69, 9.17) is 5.73 Å². The fraction of sp³-hybridized carbons (Fsp3) is 0.643. The number of rotatable bonds is 6. The fourth-order valence-electron chi connectivity index (χ4n) is 2.52. The van der Waals surface area contributed by atoms with Crippen molar-refractivity contribution in [1.29, 1.82) is 0 Å². The molecule has 0 amide bonds. The van der Waals surface area contributed by atoms with E-state index in [2.05, 4.69) is 4.98 Å². The van der Waals surface area contributed by atoms with Crippen molar-refractivity contribution in [2.75, 3.05) is 6.54 Å². The molecule has 2 N–H and O–H groups in total. The van der Waals surface area contributed by atoms with Gasteiger partial charge in [0.15, 0.2) is 11.2 Å². The first-order valence-electron chi connectivity index (χ1n) is 7.43. The molecule has 2 heterocycles. The predicted octanol–water partition coefficient (Wildman–Crippen LogP) is 0.699. The molecule has 0 aromatic carbocycles. The van der Waals surface area contributed by atoms with E-state index in [1.165, 1.54) is 4.57 Å². The minimum absolute atomic E-state index is 0.0541. The summed E-state index contributed by atoms with van der Waals surface area (Å²) >= 11 is 0. The lowest BCUT2D eigenvalue weighted by Gasteiger charge is -2.14. The molecular formula is C14H23N5O2. The monoisotopic (exact) mass is 293 g/mol. The number of unbranched alkanes of at least 4 members (excludes halogenated alkanes) is 1. The summed E-state index contributed by atoms with van der Waals surface area (Å²) in [6.07, 6.45) is 3.13. The number of nitrogens with two attached hydrogens (primary N) is 1. The number of imidazole rings is 1. The van der Waals surface area contributed by atoms with E-state index in [0.717, 1.165) is 12.8 Å². The van der Waals surface area contributed by atoms with E-state index < -0.39 is 0 Å². The number of hydrogen-bond acceptors (Lipinski definition) is 4. The van der Waals surface area contributed by atoms with E-state index in [-0.39, 0.29) is 17.3 Å². The van der Waals surface area contributed by atoms with Crippen LogP contribution in [-0.2, 0) is 13.1 Å². The first-order valence-corrected chi connectivity index (χ1v) is 7.43. The standard InChI is InChI=1S/C14H23N5O2/c1-4-17-9-16-12-11(17)13(20)18(8-6-5-7-15)14(21)19(12)10(2)3/h9-10H,4-8,15H2,1-3H3. The largest absolute Gasteiger partial charge is 0.332 e. The third-order valence-corrected chi connectivity index (χ3v) is 3.62. The van der Waals surface area contributed by atoms with E-state index in [0.29, 0.717) is 30.8 Å². The molecule has 0 unspecified atom stereocenters. The average Bonchev–Trinajstić information content (AvgIpc) is 2.86. The zero-order valence-corrected chi connectivity index (χ0v) is 12.9. The van der Waals surface area contributed by atoms with Crippen molar-refractivity contribution < 1.29 is 0 Å². The summed E-state index contributed by atoms with van der Waals surface area (Å²) in [5.74, 6) is 0. The van der Waals surface area contributed by atoms with Crippen LogP contribution in [-0.4, -0.2) is 25.2 Å². The molecule has 2 aromatic heterocycles. The van der Waals surface area contributed by atoms with Crippen molar-refractivity contribution in [3.63, 3.8) is 0 Å². The smallest absolute Gasteiger partial charge is 0.330 e. The van der Waals surface area contributed by atoms with Crippen LogP contribution < -0.4 is 17.0 Å². The van der Waals surface area contributed by atoms with Crippen molar-refractivity contribution in [2.24, 2.45) is 5.73 Å². The third-order valence-electron chi connectivity index (χ3n) is 3.62. The normalized spacial score (nSPS) is 11.7. The molecule has 0 fully saturated rings. The molecule has 0 bridgehead atoms. The Kier molecular flexibility index (Phi) is 4.62. The van der Waals surface area contributed by atoms with E-state index >= 15 is 0 Å². The van der Waals surface area contributed by atoms with Gasteiger partial charge in [-0.2, -0.15) is 0 Å². The lowest BCUT2D eigenvalue weighted by atomic mass is 10.3. The van der Waals surface area contributed by atoms with Gasteiger partial charge >= 0.3 is 5.69 Å². The third kappa shape index (κ3) is 2.65. The molecule has 21 heavy (non-hydrogen) atoms. The molecule has 7 nitrogen and oxygen atoms in total. The van der Waals surface area contributed by atoms with Crippen molar-refractivity contribution >= 4 is 11.2 Å². The van der Waals surface area contributed by atoms with Crippen LogP contribution in [0.3, 0.4) is 0 Å². The Morgan fingerprint density at radius 3 is 2.57 bits per heavy atom. The van der Waals surface area contributed by atoms with Crippen LogP contribution in [0.2, 0.25) is 0 Å². The molecule has 7 heteroatoms. The second kappa shape index (κ2) is 6.26. The zero-order chi connectivity index (χ0) is 15.6. The minimum Gasteiger partial charge on any atom is -0.330 e. The maximum absolute atomic E-state index is 12.6. The molecule has 0 atom stereocenters. The van der Waals surface area contributed by atoms with Crippen molar-refractivity contribution in [3.8, 4) is 0 Å². The van der Waals surface area contributed by atoms with Gasteiger partial charge < -0.3 is 10.3 Å². The van der Waals surface area contributed by atoms with Gasteiger partial charge in [0.25, 0.3) is 5.56 Å². The topological polar surface area (TPSA) is 87.8 Å². The molecule has 2 aromatic rings. The molecular weight excluding hydrogens is 270 g/mol. The highest BCUT2D eigenvalue weighted by Gasteiger charge is 2.18. The summed E-state index contributed by atoms with van der Waals surface area (Å²) < 4.78 is 4.69. The molecule has 0 aliphatic heterocycles. The number of aromatic nitrogens is 4. The highest BCUT2D eigenvalue weighted by atomic mass is 16.2. The van der Waals surface area contributed by atoms with Crippen molar-refractivity contribution in [3.05, 3.63) is 27.2 Å². The Bertz CT molecular complexity index is 738. The number of fused-ring (bicyclic) bond motifs is 1. The molecule has 0 spiro atoms. The summed E-state index contributed by atoms with van der Waals surface area (Å²) in [4.78, 5) is 29.5. The van der Waals surface area contributed by atoms with Gasteiger partial charge in [-0.3, -0.25) is 13.9 Å². The summed E-state index contributed by atoms with van der Waals surface area (Å²) in [5, 5.41) is 0. The van der Waals surface area contributed by atoms with Crippen LogP contribution in [0, 0.1) is 0 Å². The van der Waals surface area contributed by atoms with Crippen molar-refractivity contribution in [2.45, 2.75) is 52.7 Å². The second-order valence-electron chi connectivity index (χ2n) is 5.40. The van der Waals surface area contributed by atoms with E-state index in [1.807, 2.05) is 20.8 Å². The first-order chi connectivity index (χ1) is 10.0. The second-order valence-corrected chi connectivity index (χ2v) is 5.40. The van der Waals surface area contributed by atoms with Gasteiger partial charge in [0, 0.05) is 19.1 Å². The van der Waals surface area contributed by atoms with Crippen LogP contribution in [0.5, 0.6) is 0 Å². The van der Waals surface area contributed by atoms with Crippen LogP contribution in [0.1, 0.15) is 39.7 Å². The Morgan fingerprint density at radius 2 is 2.00 bits per heavy atom. The maximum atomic E-state index is 12.6. The highest BCUT2D eigenvalue weighted by molar-refractivity contribution is 5.70. The van der Waals surface area contributed by atoms with Gasteiger partial charge in [-0.25, -0.2) is 9.78 Å². The van der Waals surface area contributed by atoms with Gasteiger partial charge in [-0.15, -0.1) is 0 Å². The molecule has 0 aliphatic rings. The van der Waals surface area contributed by atoms with Gasteiger partial charge in [-0.05, 0) is 40.2 Å². The Balaban J connectivity index is 2.73. The van der Waals surface area contributed by atoms with Gasteiger partial charge in [0.2, 0.25) is 0 Å². The van der Waals surface area contributed by atoms with Crippen LogP contribution in [0.4, 0.5) is 0 Å². The molecule has 2 rings (SSSR count). The minimum atomic E-state index is -0.291. The molecule has 116 valence electrons. The molecule has 0 aliphatic carbocycles. The Morgan fingerprint density at radius 1 is 1.29 bits per heavy atom. The predicted molar refractivity (Wildman–Crippen MR) is 82.6 cm³/mol. The van der Waals surface area contributed by atoms with E-state index in [1.54, 1.807) is 15.5 Å². The number of aryl methyl sites for hydroxylation is 1. The van der Waals surface area contributed by atoms with Crippen molar-refractivity contribution in [1.82, 2.24) is 18.7 Å². The van der Waals surface area contributed by atoms with Crippen LogP contribution >= 0.6 is 0 Å². The summed E-state index contributed by atoms with van der Waals surface area (Å²) in [7, 11) is 0. The first kappa shape index (κ1) is 15.5. The SMILES string of the molecule is CCn1cnc2c1c(=O)n(CCCCN)c(=O)n2C(C)C. The number of hydrogen-bond donors (Lipinski definition) is 1. The Hall–Kier alpha value is -1.89. The maximum Gasteiger partial charge on any atom is 0.332 e. The fourth-order valence-corrected chi connectivity index (χ4v) is 2.52.